The first-order valence-electron chi connectivity index (χ1n) is 9.57. The molecule has 0 unspecified atom stereocenters. The van der Waals surface area contributed by atoms with Gasteiger partial charge in [0.1, 0.15) is 5.75 Å². The predicted octanol–water partition coefficient (Wildman–Crippen LogP) is 1.82. The Hall–Kier alpha value is -2.15. The molecule has 0 bridgehead atoms. The Labute approximate surface area is 160 Å². The second-order valence-electron chi connectivity index (χ2n) is 7.03. The number of nitrogens with one attached hydrogen (secondary N) is 1. The maximum absolute atomic E-state index is 12.0. The highest BCUT2D eigenvalue weighted by atomic mass is 16.5. The van der Waals surface area contributed by atoms with Crippen molar-refractivity contribution in [3.05, 3.63) is 42.0 Å². The Morgan fingerprint density at radius 2 is 1.85 bits per heavy atom. The molecule has 27 heavy (non-hydrogen) atoms. The van der Waals surface area contributed by atoms with Gasteiger partial charge in [-0.05, 0) is 23.3 Å². The summed E-state index contributed by atoms with van der Waals surface area (Å²) < 4.78 is 4.98. The van der Waals surface area contributed by atoms with E-state index >= 15 is 0 Å². The second kappa shape index (κ2) is 9.69. The number of hydrogen-bond donors (Lipinski definition) is 2. The van der Waals surface area contributed by atoms with E-state index in [-0.39, 0.29) is 5.91 Å². The average Bonchev–Trinajstić information content (AvgIpc) is 2.69. The number of aromatic hydroxyl groups is 1. The van der Waals surface area contributed by atoms with Crippen LogP contribution in [0.5, 0.6) is 5.75 Å². The van der Waals surface area contributed by atoms with Gasteiger partial charge < -0.3 is 15.2 Å². The number of amides is 1. The van der Waals surface area contributed by atoms with Gasteiger partial charge in [0.25, 0.3) is 0 Å². The van der Waals surface area contributed by atoms with E-state index in [9.17, 15) is 9.90 Å². The van der Waals surface area contributed by atoms with Gasteiger partial charge in [-0.1, -0.05) is 30.3 Å². The van der Waals surface area contributed by atoms with Crippen molar-refractivity contribution in [2.24, 2.45) is 0 Å². The molecular formula is C21H29N3O3. The zero-order chi connectivity index (χ0) is 19.1. The highest BCUT2D eigenvalue weighted by Gasteiger charge is 2.20. The number of piperazine rings is 1. The largest absolute Gasteiger partial charge is 0.508 e. The number of phenols is 1. The number of phenolic OH excluding ortho intramolecular Hbond substituents is 1. The van der Waals surface area contributed by atoms with Crippen molar-refractivity contribution < 1.29 is 14.6 Å². The molecule has 6 nitrogen and oxygen atoms in total. The van der Waals surface area contributed by atoms with Crippen LogP contribution in [0.1, 0.15) is 12.0 Å². The maximum atomic E-state index is 12.0. The van der Waals surface area contributed by atoms with E-state index in [1.807, 2.05) is 18.2 Å². The van der Waals surface area contributed by atoms with Crippen molar-refractivity contribution in [3.63, 3.8) is 0 Å². The molecule has 1 aliphatic heterocycles. The molecule has 1 amide bonds. The molecule has 6 heteroatoms. The molecule has 1 saturated heterocycles. The van der Waals surface area contributed by atoms with E-state index in [0.29, 0.717) is 25.4 Å². The smallest absolute Gasteiger partial charge is 0.234 e. The summed E-state index contributed by atoms with van der Waals surface area (Å²) in [6.07, 6.45) is 0.838. The first-order chi connectivity index (χ1) is 13.2. The maximum Gasteiger partial charge on any atom is 0.234 e. The molecule has 3 rings (SSSR count). The van der Waals surface area contributed by atoms with E-state index in [2.05, 4.69) is 27.2 Å². The van der Waals surface area contributed by atoms with Gasteiger partial charge in [-0.25, -0.2) is 0 Å². The number of nitrogens with zero attached hydrogens (tertiary/aromatic N) is 2. The summed E-state index contributed by atoms with van der Waals surface area (Å²) in [4.78, 5) is 16.5. The van der Waals surface area contributed by atoms with Crippen LogP contribution in [0, 0.1) is 0 Å². The molecule has 1 aliphatic rings. The van der Waals surface area contributed by atoms with Crippen LogP contribution >= 0.6 is 0 Å². The molecule has 0 radical (unpaired) electrons. The first kappa shape index (κ1) is 19.6. The molecule has 2 aromatic rings. The van der Waals surface area contributed by atoms with Gasteiger partial charge in [0.05, 0.1) is 6.54 Å². The number of carbonyl (C=O) groups excluding carboxylic acids is 1. The van der Waals surface area contributed by atoms with Gasteiger partial charge in [0.15, 0.2) is 0 Å². The van der Waals surface area contributed by atoms with Crippen molar-refractivity contribution in [1.29, 1.82) is 0 Å². The van der Waals surface area contributed by atoms with Gasteiger partial charge in [0, 0.05) is 58.5 Å². The lowest BCUT2D eigenvalue weighted by atomic mass is 10.0. The minimum Gasteiger partial charge on any atom is -0.508 e. The highest BCUT2D eigenvalue weighted by molar-refractivity contribution is 5.87. The number of carbonyl (C=O) groups is 1. The molecule has 0 aromatic heterocycles. The number of hydrogen-bond acceptors (Lipinski definition) is 5. The molecular weight excluding hydrogens is 342 g/mol. The van der Waals surface area contributed by atoms with Crippen LogP contribution in [0.15, 0.2) is 36.4 Å². The number of ether oxygens (including phenoxy) is 1. The molecule has 0 atom stereocenters. The number of fused-ring (bicyclic) bond motifs is 1. The summed E-state index contributed by atoms with van der Waals surface area (Å²) in [6.45, 7) is 5.99. The lowest BCUT2D eigenvalue weighted by Gasteiger charge is -2.34. The van der Waals surface area contributed by atoms with Gasteiger partial charge >= 0.3 is 0 Å². The van der Waals surface area contributed by atoms with Crippen LogP contribution in [0.2, 0.25) is 0 Å². The summed E-state index contributed by atoms with van der Waals surface area (Å²) >= 11 is 0. The van der Waals surface area contributed by atoms with Gasteiger partial charge in [-0.3, -0.25) is 14.6 Å². The Morgan fingerprint density at radius 3 is 2.63 bits per heavy atom. The minimum absolute atomic E-state index is 0.0752. The quantitative estimate of drug-likeness (QED) is 0.693. The lowest BCUT2D eigenvalue weighted by molar-refractivity contribution is -0.122. The van der Waals surface area contributed by atoms with E-state index < -0.39 is 0 Å². The van der Waals surface area contributed by atoms with Crippen molar-refractivity contribution in [1.82, 2.24) is 15.1 Å². The van der Waals surface area contributed by atoms with Crippen LogP contribution in [-0.2, 0) is 16.1 Å². The van der Waals surface area contributed by atoms with Gasteiger partial charge in [-0.15, -0.1) is 0 Å². The third-order valence-electron chi connectivity index (χ3n) is 5.08. The standard InChI is InChI=1S/C21H29N3O3/c1-27-14-4-9-22-21(26)16-24-12-10-23(11-13-24)15-19-18-6-3-2-5-17(18)7-8-20(19)25/h2-3,5-8,25H,4,9-16H2,1H3,(H,22,26). The molecule has 2 N–H and O–H groups in total. The van der Waals surface area contributed by atoms with Crippen molar-refractivity contribution >= 4 is 16.7 Å². The summed E-state index contributed by atoms with van der Waals surface area (Å²) in [5, 5.41) is 15.5. The van der Waals surface area contributed by atoms with Crippen LogP contribution in [-0.4, -0.2) is 73.8 Å². The van der Waals surface area contributed by atoms with E-state index in [0.717, 1.165) is 55.5 Å². The predicted molar refractivity (Wildman–Crippen MR) is 107 cm³/mol. The molecule has 1 heterocycles. The highest BCUT2D eigenvalue weighted by Crippen LogP contribution is 2.28. The summed E-state index contributed by atoms with van der Waals surface area (Å²) in [5.41, 5.74) is 0.984. The second-order valence-corrected chi connectivity index (χ2v) is 7.03. The zero-order valence-corrected chi connectivity index (χ0v) is 16.0. The Balaban J connectivity index is 1.49. The van der Waals surface area contributed by atoms with E-state index in [1.165, 1.54) is 0 Å². The van der Waals surface area contributed by atoms with E-state index in [1.54, 1.807) is 13.2 Å². The summed E-state index contributed by atoms with van der Waals surface area (Å²) in [6, 6.07) is 11.9. The fourth-order valence-electron chi connectivity index (χ4n) is 3.52. The molecule has 1 fully saturated rings. The van der Waals surface area contributed by atoms with Crippen LogP contribution in [0.4, 0.5) is 0 Å². The van der Waals surface area contributed by atoms with Gasteiger partial charge in [-0.2, -0.15) is 0 Å². The van der Waals surface area contributed by atoms with E-state index in [4.69, 9.17) is 4.74 Å². The fraction of sp³-hybridized carbons (Fsp3) is 0.476. The van der Waals surface area contributed by atoms with Crippen LogP contribution < -0.4 is 5.32 Å². The molecule has 0 spiro atoms. The molecule has 2 aromatic carbocycles. The topological polar surface area (TPSA) is 65.0 Å². The Morgan fingerprint density at radius 1 is 1.11 bits per heavy atom. The summed E-state index contributed by atoms with van der Waals surface area (Å²) in [5.74, 6) is 0.429. The van der Waals surface area contributed by atoms with Crippen molar-refractivity contribution in [2.45, 2.75) is 13.0 Å². The fourth-order valence-corrected chi connectivity index (χ4v) is 3.52. The third-order valence-corrected chi connectivity index (χ3v) is 5.08. The monoisotopic (exact) mass is 371 g/mol. The molecule has 0 saturated carbocycles. The first-order valence-corrected chi connectivity index (χ1v) is 9.57. The van der Waals surface area contributed by atoms with Gasteiger partial charge in [0.2, 0.25) is 5.91 Å². The van der Waals surface area contributed by atoms with Crippen molar-refractivity contribution in [3.8, 4) is 5.75 Å². The van der Waals surface area contributed by atoms with Crippen LogP contribution in [0.25, 0.3) is 10.8 Å². The average molecular weight is 371 g/mol. The number of methoxy groups -OCH3 is 1. The normalized spacial score (nSPS) is 15.9. The minimum atomic E-state index is 0.0752. The Kier molecular flexibility index (Phi) is 7.04. The zero-order valence-electron chi connectivity index (χ0n) is 16.0. The van der Waals surface area contributed by atoms with Crippen LogP contribution in [0.3, 0.4) is 0 Å². The number of rotatable bonds is 8. The number of benzene rings is 2. The SMILES string of the molecule is COCCCNC(=O)CN1CCN(Cc2c(O)ccc3ccccc23)CC1. The summed E-state index contributed by atoms with van der Waals surface area (Å²) in [7, 11) is 1.67. The molecule has 0 aliphatic carbocycles. The lowest BCUT2D eigenvalue weighted by Crippen LogP contribution is -2.49. The van der Waals surface area contributed by atoms with Crippen molar-refractivity contribution in [2.75, 3.05) is 53.0 Å². The Bertz CT molecular complexity index is 757. The molecule has 146 valence electrons. The third kappa shape index (κ3) is 5.42.